The maximum atomic E-state index is 13.0. The van der Waals surface area contributed by atoms with Crippen LogP contribution in [0.2, 0.25) is 0 Å². The summed E-state index contributed by atoms with van der Waals surface area (Å²) >= 11 is 0. The van der Waals surface area contributed by atoms with Gasteiger partial charge in [0.2, 0.25) is 0 Å². The minimum Gasteiger partial charge on any atom is -0.424 e. The van der Waals surface area contributed by atoms with Gasteiger partial charge in [-0.25, -0.2) is 5.32 Å². The lowest BCUT2D eigenvalue weighted by molar-refractivity contribution is -0.360. The van der Waals surface area contributed by atoms with Crippen LogP contribution in [0.15, 0.2) is 24.3 Å². The van der Waals surface area contributed by atoms with Crippen molar-refractivity contribution in [2.45, 2.75) is 31.2 Å². The second-order valence-electron chi connectivity index (χ2n) is 4.70. The molecule has 1 radical (unpaired) electrons. The molecule has 1 N–H and O–H groups in total. The Morgan fingerprint density at radius 2 is 1.67 bits per heavy atom. The van der Waals surface area contributed by atoms with Crippen LogP contribution in [0.1, 0.15) is 12.8 Å². The largest absolute Gasteiger partial charge is 0.499 e. The Morgan fingerprint density at radius 3 is 2.29 bits per heavy atom. The predicted molar refractivity (Wildman–Crippen MR) is 66.6 cm³/mol. The van der Waals surface area contributed by atoms with Gasteiger partial charge in [0.05, 0.1) is 5.69 Å². The quantitative estimate of drug-likeness (QED) is 0.865. The molecule has 0 atom stereocenters. The zero-order valence-corrected chi connectivity index (χ0v) is 11.0. The molecule has 0 bridgehead atoms. The van der Waals surface area contributed by atoms with Crippen LogP contribution in [0.3, 0.4) is 0 Å². The van der Waals surface area contributed by atoms with Crippen molar-refractivity contribution in [1.29, 1.82) is 0 Å². The molecular formula is C13H14F5N2O. The van der Waals surface area contributed by atoms with Gasteiger partial charge < -0.3 is 10.1 Å². The van der Waals surface area contributed by atoms with E-state index in [1.54, 1.807) is 0 Å². The third kappa shape index (κ3) is 3.96. The van der Waals surface area contributed by atoms with Crippen molar-refractivity contribution in [3.05, 3.63) is 24.3 Å². The molecule has 0 amide bonds. The van der Waals surface area contributed by atoms with Crippen LogP contribution >= 0.6 is 0 Å². The maximum absolute atomic E-state index is 13.0. The summed E-state index contributed by atoms with van der Waals surface area (Å²) in [6.45, 7) is 1.28. The van der Waals surface area contributed by atoms with Gasteiger partial charge in [0.25, 0.3) is 0 Å². The first-order chi connectivity index (χ1) is 9.79. The third-order valence-electron chi connectivity index (χ3n) is 3.09. The van der Waals surface area contributed by atoms with Crippen LogP contribution in [0.25, 0.3) is 0 Å². The SMILES string of the molecule is FC(F)(F)C(F)(F)Oc1ccccc1NC1CC[N]CC1. The highest BCUT2D eigenvalue weighted by Gasteiger charge is 2.61. The molecule has 21 heavy (non-hydrogen) atoms. The number of halogens is 5. The molecule has 117 valence electrons. The van der Waals surface area contributed by atoms with Gasteiger partial charge in [-0.05, 0) is 25.0 Å². The Hall–Kier alpha value is -1.57. The molecule has 0 aliphatic carbocycles. The number of piperidine rings is 1. The Balaban J connectivity index is 2.13. The lowest BCUT2D eigenvalue weighted by atomic mass is 10.1. The standard InChI is InChI=1S/C13H14F5N2O/c14-12(15,16)13(17,18)21-11-4-2-1-3-10(11)20-9-5-7-19-8-6-9/h1-4,9,20H,5-8H2. The Morgan fingerprint density at radius 1 is 1.05 bits per heavy atom. The van der Waals surface area contributed by atoms with Gasteiger partial charge in [0.15, 0.2) is 0 Å². The first-order valence-corrected chi connectivity index (χ1v) is 6.42. The lowest BCUT2D eigenvalue weighted by Gasteiger charge is -2.26. The normalized spacial score (nSPS) is 17.6. The monoisotopic (exact) mass is 309 g/mol. The fourth-order valence-electron chi connectivity index (χ4n) is 1.99. The molecular weight excluding hydrogens is 295 g/mol. The number of alkyl halides is 5. The van der Waals surface area contributed by atoms with Crippen LogP contribution in [-0.2, 0) is 0 Å². The van der Waals surface area contributed by atoms with E-state index < -0.39 is 18.0 Å². The number of anilines is 1. The fraction of sp³-hybridized carbons (Fsp3) is 0.538. The summed E-state index contributed by atoms with van der Waals surface area (Å²) in [5, 5.41) is 7.08. The summed E-state index contributed by atoms with van der Waals surface area (Å²) in [6.07, 6.45) is -9.59. The molecule has 0 saturated carbocycles. The highest BCUT2D eigenvalue weighted by molar-refractivity contribution is 5.57. The molecule has 1 heterocycles. The average molecular weight is 309 g/mol. The molecule has 2 rings (SSSR count). The van der Waals surface area contributed by atoms with E-state index in [-0.39, 0.29) is 11.7 Å². The van der Waals surface area contributed by atoms with E-state index in [0.717, 1.165) is 6.07 Å². The van der Waals surface area contributed by atoms with Crippen molar-refractivity contribution >= 4 is 5.69 Å². The van der Waals surface area contributed by atoms with E-state index in [2.05, 4.69) is 15.4 Å². The summed E-state index contributed by atoms with van der Waals surface area (Å²) in [4.78, 5) is 0. The second kappa shape index (κ2) is 6.05. The van der Waals surface area contributed by atoms with Crippen LogP contribution in [0.4, 0.5) is 27.6 Å². The molecule has 1 fully saturated rings. The van der Waals surface area contributed by atoms with Crippen LogP contribution in [0, 0.1) is 0 Å². The van der Waals surface area contributed by atoms with Crippen LogP contribution in [-0.4, -0.2) is 31.4 Å². The first-order valence-electron chi connectivity index (χ1n) is 6.42. The molecule has 1 aliphatic heterocycles. The van der Waals surface area contributed by atoms with E-state index in [1.807, 2.05) is 0 Å². The molecule has 8 heteroatoms. The van der Waals surface area contributed by atoms with Crippen molar-refractivity contribution in [3.63, 3.8) is 0 Å². The van der Waals surface area contributed by atoms with Gasteiger partial charge in [-0.3, -0.25) is 0 Å². The Bertz CT molecular complexity index is 472. The lowest BCUT2D eigenvalue weighted by Crippen LogP contribution is -2.42. The first kappa shape index (κ1) is 15.8. The highest BCUT2D eigenvalue weighted by atomic mass is 19.4. The molecule has 1 saturated heterocycles. The predicted octanol–water partition coefficient (Wildman–Crippen LogP) is 3.40. The molecule has 1 aromatic rings. The van der Waals surface area contributed by atoms with E-state index in [9.17, 15) is 22.0 Å². The number of rotatable bonds is 4. The number of hydrogen-bond donors (Lipinski definition) is 1. The summed E-state index contributed by atoms with van der Waals surface area (Å²) in [6, 6.07) is 5.34. The number of nitrogens with zero attached hydrogens (tertiary/aromatic N) is 1. The highest BCUT2D eigenvalue weighted by Crippen LogP contribution is 2.39. The van der Waals surface area contributed by atoms with Gasteiger partial charge in [0.1, 0.15) is 5.75 Å². The molecule has 0 unspecified atom stereocenters. The minimum atomic E-state index is -5.76. The summed E-state index contributed by atoms with van der Waals surface area (Å²) in [7, 11) is 0. The maximum Gasteiger partial charge on any atom is 0.499 e. The number of ether oxygens (including phenoxy) is 1. The molecule has 0 spiro atoms. The molecule has 1 aliphatic rings. The minimum absolute atomic E-state index is 0.0215. The Kier molecular flexibility index (Phi) is 4.55. The molecule has 1 aromatic carbocycles. The number of hydrogen-bond acceptors (Lipinski definition) is 2. The smallest absolute Gasteiger partial charge is 0.424 e. The Labute approximate surface area is 118 Å². The van der Waals surface area contributed by atoms with Crippen molar-refractivity contribution in [2.75, 3.05) is 18.4 Å². The van der Waals surface area contributed by atoms with Gasteiger partial charge in [0, 0.05) is 19.1 Å². The zero-order valence-electron chi connectivity index (χ0n) is 11.0. The van der Waals surface area contributed by atoms with Gasteiger partial charge in [-0.15, -0.1) is 0 Å². The summed E-state index contributed by atoms with van der Waals surface area (Å²) in [5.41, 5.74) is 0.119. The average Bonchev–Trinajstić information content (AvgIpc) is 2.40. The van der Waals surface area contributed by atoms with E-state index in [4.69, 9.17) is 0 Å². The van der Waals surface area contributed by atoms with E-state index >= 15 is 0 Å². The summed E-state index contributed by atoms with van der Waals surface area (Å²) < 4.78 is 66.5. The second-order valence-corrected chi connectivity index (χ2v) is 4.70. The number of para-hydroxylation sites is 2. The molecule has 3 nitrogen and oxygen atoms in total. The fourth-order valence-corrected chi connectivity index (χ4v) is 1.99. The van der Waals surface area contributed by atoms with Crippen molar-refractivity contribution in [1.82, 2.24) is 5.32 Å². The van der Waals surface area contributed by atoms with Gasteiger partial charge >= 0.3 is 12.3 Å². The van der Waals surface area contributed by atoms with Crippen LogP contribution < -0.4 is 15.4 Å². The van der Waals surface area contributed by atoms with Crippen molar-refractivity contribution in [2.24, 2.45) is 0 Å². The van der Waals surface area contributed by atoms with Crippen molar-refractivity contribution < 1.29 is 26.7 Å². The number of benzene rings is 1. The van der Waals surface area contributed by atoms with E-state index in [0.29, 0.717) is 25.9 Å². The van der Waals surface area contributed by atoms with Gasteiger partial charge in [-0.1, -0.05) is 12.1 Å². The topological polar surface area (TPSA) is 35.4 Å². The molecule has 0 aromatic heterocycles. The van der Waals surface area contributed by atoms with Gasteiger partial charge in [-0.2, -0.15) is 22.0 Å². The van der Waals surface area contributed by atoms with Crippen LogP contribution in [0.5, 0.6) is 5.75 Å². The zero-order chi connectivity index (χ0) is 15.5. The third-order valence-corrected chi connectivity index (χ3v) is 3.09. The summed E-state index contributed by atoms with van der Waals surface area (Å²) in [5.74, 6) is -0.526. The van der Waals surface area contributed by atoms with Crippen molar-refractivity contribution in [3.8, 4) is 5.75 Å². The van der Waals surface area contributed by atoms with E-state index in [1.165, 1.54) is 18.2 Å². The number of nitrogens with one attached hydrogen (secondary N) is 1.